The van der Waals surface area contributed by atoms with Gasteiger partial charge in [-0.15, -0.1) is 0 Å². The van der Waals surface area contributed by atoms with E-state index in [9.17, 15) is 0 Å². The molecule has 1 rings (SSSR count). The van der Waals surface area contributed by atoms with Crippen molar-refractivity contribution < 1.29 is 5.21 Å². The molecule has 1 aliphatic heterocycles. The summed E-state index contributed by atoms with van der Waals surface area (Å²) in [5.74, 6) is 1.19. The summed E-state index contributed by atoms with van der Waals surface area (Å²) < 4.78 is 0. The molecule has 4 heteroatoms. The average Bonchev–Trinajstić information content (AvgIpc) is 2.73. The number of nitrogens with two attached hydrogens (primary N) is 1. The molecule has 4 nitrogen and oxygen atoms in total. The van der Waals surface area contributed by atoms with Crippen LogP contribution in [-0.4, -0.2) is 35.1 Å². The number of rotatable bonds is 5. The van der Waals surface area contributed by atoms with Crippen molar-refractivity contribution in [2.45, 2.75) is 45.6 Å². The highest BCUT2D eigenvalue weighted by Gasteiger charge is 2.26. The summed E-state index contributed by atoms with van der Waals surface area (Å²) in [5.41, 5.74) is 5.56. The summed E-state index contributed by atoms with van der Waals surface area (Å²) in [5, 5.41) is 11.6. The summed E-state index contributed by atoms with van der Waals surface area (Å²) in [7, 11) is 0. The van der Waals surface area contributed by atoms with Crippen LogP contribution < -0.4 is 5.73 Å². The van der Waals surface area contributed by atoms with Gasteiger partial charge in [0.15, 0.2) is 0 Å². The molecular weight excluding hydrogens is 190 g/mol. The van der Waals surface area contributed by atoms with Crippen molar-refractivity contribution in [1.29, 1.82) is 0 Å². The predicted octanol–water partition coefficient (Wildman–Crippen LogP) is 1.63. The minimum atomic E-state index is 0.349. The Morgan fingerprint density at radius 2 is 2.33 bits per heavy atom. The second kappa shape index (κ2) is 5.95. The lowest BCUT2D eigenvalue weighted by Gasteiger charge is -2.26. The highest BCUT2D eigenvalue weighted by molar-refractivity contribution is 5.80. The molecule has 0 spiro atoms. The molecule has 2 atom stereocenters. The van der Waals surface area contributed by atoms with E-state index in [0.29, 0.717) is 18.3 Å². The first-order valence-corrected chi connectivity index (χ1v) is 5.91. The van der Waals surface area contributed by atoms with Crippen LogP contribution in [0.2, 0.25) is 0 Å². The Labute approximate surface area is 92.1 Å². The third kappa shape index (κ3) is 3.38. The lowest BCUT2D eigenvalue weighted by molar-refractivity contribution is 0.229. The van der Waals surface area contributed by atoms with Gasteiger partial charge in [0, 0.05) is 19.0 Å². The number of hydrogen-bond acceptors (Lipinski definition) is 3. The molecule has 0 saturated carbocycles. The van der Waals surface area contributed by atoms with E-state index in [1.165, 1.54) is 19.4 Å². The minimum absolute atomic E-state index is 0.349. The monoisotopic (exact) mass is 213 g/mol. The van der Waals surface area contributed by atoms with Crippen molar-refractivity contribution in [1.82, 2.24) is 4.90 Å². The van der Waals surface area contributed by atoms with E-state index in [0.717, 1.165) is 18.9 Å². The van der Waals surface area contributed by atoms with Crippen LogP contribution in [-0.2, 0) is 0 Å². The summed E-state index contributed by atoms with van der Waals surface area (Å²) >= 11 is 0. The van der Waals surface area contributed by atoms with Gasteiger partial charge < -0.3 is 10.9 Å². The molecule has 1 fully saturated rings. The van der Waals surface area contributed by atoms with Crippen molar-refractivity contribution in [3.8, 4) is 0 Å². The molecule has 15 heavy (non-hydrogen) atoms. The quantitative estimate of drug-likeness (QED) is 0.316. The van der Waals surface area contributed by atoms with Crippen LogP contribution in [0.4, 0.5) is 0 Å². The molecule has 0 aromatic carbocycles. The molecule has 0 bridgehead atoms. The number of hydrogen-bond donors (Lipinski definition) is 2. The van der Waals surface area contributed by atoms with Gasteiger partial charge in [-0.25, -0.2) is 0 Å². The fourth-order valence-electron chi connectivity index (χ4n) is 2.34. The van der Waals surface area contributed by atoms with Crippen LogP contribution in [0.5, 0.6) is 0 Å². The molecule has 0 amide bonds. The van der Waals surface area contributed by atoms with Crippen LogP contribution >= 0.6 is 0 Å². The molecule has 1 aliphatic rings. The molecule has 0 radical (unpaired) electrons. The van der Waals surface area contributed by atoms with E-state index in [-0.39, 0.29) is 0 Å². The molecule has 0 aliphatic carbocycles. The first-order valence-electron chi connectivity index (χ1n) is 5.91. The normalized spacial score (nSPS) is 25.7. The van der Waals surface area contributed by atoms with Gasteiger partial charge in [0.2, 0.25) is 0 Å². The van der Waals surface area contributed by atoms with Crippen molar-refractivity contribution in [3.05, 3.63) is 0 Å². The average molecular weight is 213 g/mol. The van der Waals surface area contributed by atoms with Crippen molar-refractivity contribution >= 4 is 5.84 Å². The molecular formula is C11H23N3O. The van der Waals surface area contributed by atoms with E-state index in [1.807, 2.05) is 0 Å². The van der Waals surface area contributed by atoms with Gasteiger partial charge in [0.1, 0.15) is 5.84 Å². The van der Waals surface area contributed by atoms with Crippen LogP contribution in [0.1, 0.15) is 39.5 Å². The first kappa shape index (κ1) is 12.3. The Balaban J connectivity index is 2.45. The number of amidine groups is 1. The smallest absolute Gasteiger partial charge is 0.140 e. The van der Waals surface area contributed by atoms with E-state index < -0.39 is 0 Å². The Kier molecular flexibility index (Phi) is 4.88. The SMILES string of the molecule is CCC1CCN(C(CC)CC(N)=NO)C1. The largest absolute Gasteiger partial charge is 0.409 e. The van der Waals surface area contributed by atoms with Crippen LogP contribution in [0, 0.1) is 5.92 Å². The molecule has 0 aromatic heterocycles. The number of nitrogens with zero attached hydrogens (tertiary/aromatic N) is 2. The molecule has 1 saturated heterocycles. The molecule has 88 valence electrons. The zero-order valence-electron chi connectivity index (χ0n) is 9.82. The predicted molar refractivity (Wildman–Crippen MR) is 62.1 cm³/mol. The Bertz CT molecular complexity index is 218. The number of likely N-dealkylation sites (tertiary alicyclic amines) is 1. The maximum absolute atomic E-state index is 8.56. The summed E-state index contributed by atoms with van der Waals surface area (Å²) in [6.45, 7) is 6.75. The lowest BCUT2D eigenvalue weighted by atomic mass is 10.1. The Hall–Kier alpha value is -0.770. The van der Waals surface area contributed by atoms with Crippen LogP contribution in [0.3, 0.4) is 0 Å². The van der Waals surface area contributed by atoms with Crippen molar-refractivity contribution in [3.63, 3.8) is 0 Å². The maximum atomic E-state index is 8.56. The van der Waals surface area contributed by atoms with Gasteiger partial charge in [-0.2, -0.15) is 0 Å². The third-order valence-corrected chi connectivity index (χ3v) is 3.46. The van der Waals surface area contributed by atoms with Gasteiger partial charge in [-0.05, 0) is 25.3 Å². The van der Waals surface area contributed by atoms with Crippen LogP contribution in [0.15, 0.2) is 5.16 Å². The second-order valence-corrected chi connectivity index (χ2v) is 4.42. The fraction of sp³-hybridized carbons (Fsp3) is 0.909. The second-order valence-electron chi connectivity index (χ2n) is 4.42. The minimum Gasteiger partial charge on any atom is -0.409 e. The maximum Gasteiger partial charge on any atom is 0.140 e. The number of oxime groups is 1. The zero-order valence-corrected chi connectivity index (χ0v) is 9.82. The van der Waals surface area contributed by atoms with Gasteiger partial charge in [-0.3, -0.25) is 4.90 Å². The fourth-order valence-corrected chi connectivity index (χ4v) is 2.34. The van der Waals surface area contributed by atoms with Gasteiger partial charge >= 0.3 is 0 Å². The zero-order chi connectivity index (χ0) is 11.3. The van der Waals surface area contributed by atoms with E-state index in [1.54, 1.807) is 0 Å². The lowest BCUT2D eigenvalue weighted by Crippen LogP contribution is -2.36. The molecule has 0 aromatic rings. The van der Waals surface area contributed by atoms with E-state index in [2.05, 4.69) is 23.9 Å². The molecule has 3 N–H and O–H groups in total. The highest BCUT2D eigenvalue weighted by Crippen LogP contribution is 2.23. The molecule has 1 heterocycles. The van der Waals surface area contributed by atoms with Gasteiger partial charge in [0.25, 0.3) is 0 Å². The van der Waals surface area contributed by atoms with Gasteiger partial charge in [0.05, 0.1) is 0 Å². The van der Waals surface area contributed by atoms with Crippen LogP contribution in [0.25, 0.3) is 0 Å². The summed E-state index contributed by atoms with van der Waals surface area (Å²) in [4.78, 5) is 2.48. The molecule has 2 unspecified atom stereocenters. The standard InChI is InChI=1S/C11H23N3O/c1-3-9-5-6-14(8-9)10(4-2)7-11(12)13-15/h9-10,15H,3-8H2,1-2H3,(H2,12,13). The highest BCUT2D eigenvalue weighted by atomic mass is 16.4. The van der Waals surface area contributed by atoms with Gasteiger partial charge in [-0.1, -0.05) is 25.4 Å². The summed E-state index contributed by atoms with van der Waals surface area (Å²) in [6.07, 6.45) is 4.30. The Morgan fingerprint density at radius 1 is 1.60 bits per heavy atom. The van der Waals surface area contributed by atoms with Crippen molar-refractivity contribution in [2.24, 2.45) is 16.8 Å². The van der Waals surface area contributed by atoms with Crippen molar-refractivity contribution in [2.75, 3.05) is 13.1 Å². The van der Waals surface area contributed by atoms with E-state index in [4.69, 9.17) is 10.9 Å². The first-order chi connectivity index (χ1) is 7.21. The van der Waals surface area contributed by atoms with E-state index >= 15 is 0 Å². The Morgan fingerprint density at radius 3 is 2.80 bits per heavy atom. The third-order valence-electron chi connectivity index (χ3n) is 3.46. The summed E-state index contributed by atoms with van der Waals surface area (Å²) in [6, 6.07) is 0.442. The topological polar surface area (TPSA) is 61.8 Å².